The zero-order valence-electron chi connectivity index (χ0n) is 23.1. The normalized spacial score (nSPS) is 22.9. The summed E-state index contributed by atoms with van der Waals surface area (Å²) >= 11 is 0. The molecule has 2 aliphatic carbocycles. The van der Waals surface area contributed by atoms with Gasteiger partial charge in [0.1, 0.15) is 11.4 Å². The second-order valence-electron chi connectivity index (χ2n) is 11.3. The molecule has 0 bridgehead atoms. The number of benzene rings is 1. The van der Waals surface area contributed by atoms with Crippen molar-refractivity contribution in [2.75, 3.05) is 36.5 Å². The quantitative estimate of drug-likeness (QED) is 0.465. The summed E-state index contributed by atoms with van der Waals surface area (Å²) in [5.41, 5.74) is 3.01. The Morgan fingerprint density at radius 2 is 1.88 bits per heavy atom. The van der Waals surface area contributed by atoms with Crippen LogP contribution in [0.15, 0.2) is 53.2 Å². The molecule has 2 atom stereocenters. The van der Waals surface area contributed by atoms with Gasteiger partial charge < -0.3 is 10.2 Å². The molecule has 1 N–H and O–H groups in total. The largest absolute Gasteiger partial charge is 0.370 e. The second kappa shape index (κ2) is 10.9. The molecule has 1 amide bonds. The smallest absolute Gasteiger partial charge is 0.225 e. The van der Waals surface area contributed by atoms with Crippen LogP contribution in [0.25, 0.3) is 16.9 Å². The minimum Gasteiger partial charge on any atom is -0.370 e. The number of hydrogen-bond donors (Lipinski definition) is 1. The predicted octanol–water partition coefficient (Wildman–Crippen LogP) is 4.44. The van der Waals surface area contributed by atoms with Gasteiger partial charge in [-0.1, -0.05) is 25.0 Å². The van der Waals surface area contributed by atoms with E-state index < -0.39 is 21.1 Å². The molecule has 2 saturated carbocycles. The standard InChI is InChI=1S/C30H34FN7O2S/c1-33-41(40)16-14-37(15-17-41)23-9-6-21(7-10-23)26-19-38(27-11-8-22(31)18-34-27)36-28(26)24-4-2-3-5-25(24)29(39)35-30(20-32)12-13-30/h6-11,18-19,24-25H,2-5,12-17H2,1H3,(H,35,39)/t24-,25-/m1/s1. The van der Waals surface area contributed by atoms with Crippen LogP contribution < -0.4 is 10.2 Å². The van der Waals surface area contributed by atoms with Crippen molar-refractivity contribution in [1.29, 1.82) is 5.26 Å². The summed E-state index contributed by atoms with van der Waals surface area (Å²) in [6.07, 6.45) is 7.94. The summed E-state index contributed by atoms with van der Waals surface area (Å²) in [7, 11) is -0.455. The zero-order valence-corrected chi connectivity index (χ0v) is 23.9. The summed E-state index contributed by atoms with van der Waals surface area (Å²) in [5.74, 6) is 0.702. The molecule has 3 fully saturated rings. The Morgan fingerprint density at radius 1 is 1.15 bits per heavy atom. The highest BCUT2D eigenvalue weighted by Gasteiger charge is 2.47. The van der Waals surface area contributed by atoms with Crippen molar-refractivity contribution in [3.63, 3.8) is 0 Å². The second-order valence-corrected chi connectivity index (χ2v) is 14.0. The fourth-order valence-electron chi connectivity index (χ4n) is 6.01. The van der Waals surface area contributed by atoms with E-state index in [0.717, 1.165) is 48.2 Å². The van der Waals surface area contributed by atoms with E-state index in [1.165, 1.54) is 12.3 Å². The summed E-state index contributed by atoms with van der Waals surface area (Å²) in [4.78, 5) is 19.9. The van der Waals surface area contributed by atoms with Crippen molar-refractivity contribution in [2.45, 2.75) is 50.0 Å². The van der Waals surface area contributed by atoms with Gasteiger partial charge in [0.2, 0.25) is 5.91 Å². The number of aromatic nitrogens is 3. The van der Waals surface area contributed by atoms with Gasteiger partial charge in [0.25, 0.3) is 0 Å². The van der Waals surface area contributed by atoms with Gasteiger partial charge in [-0.25, -0.2) is 22.6 Å². The van der Waals surface area contributed by atoms with Crippen LogP contribution in [0, 0.1) is 23.1 Å². The van der Waals surface area contributed by atoms with Crippen LogP contribution in [-0.2, 0) is 14.5 Å². The van der Waals surface area contributed by atoms with E-state index in [2.05, 4.69) is 49.9 Å². The van der Waals surface area contributed by atoms with Crippen molar-refractivity contribution in [3.05, 3.63) is 60.3 Å². The zero-order chi connectivity index (χ0) is 28.6. The van der Waals surface area contributed by atoms with Gasteiger partial charge in [-0.2, -0.15) is 10.4 Å². The summed E-state index contributed by atoms with van der Waals surface area (Å²) < 4.78 is 32.0. The molecule has 11 heteroatoms. The molecule has 1 aliphatic heterocycles. The maximum atomic E-state index is 13.6. The summed E-state index contributed by atoms with van der Waals surface area (Å²) in [5, 5.41) is 17.5. The summed E-state index contributed by atoms with van der Waals surface area (Å²) in [6, 6.07) is 13.5. The Labute approximate surface area is 240 Å². The minimum absolute atomic E-state index is 0.0787. The molecule has 0 radical (unpaired) electrons. The van der Waals surface area contributed by atoms with Crippen LogP contribution in [0.5, 0.6) is 0 Å². The number of pyridine rings is 1. The van der Waals surface area contributed by atoms with Crippen LogP contribution in [0.2, 0.25) is 0 Å². The number of carbonyl (C=O) groups excluding carboxylic acids is 1. The molecule has 1 saturated heterocycles. The number of halogens is 1. The maximum absolute atomic E-state index is 13.6. The average Bonchev–Trinajstić information content (AvgIpc) is 3.64. The first-order valence-corrected chi connectivity index (χ1v) is 16.1. The molecular formula is C30H34FN7O2S. The lowest BCUT2D eigenvalue weighted by atomic mass is 9.75. The molecule has 41 heavy (non-hydrogen) atoms. The fraction of sp³-hybridized carbons (Fsp3) is 0.467. The number of nitriles is 1. The van der Waals surface area contributed by atoms with Gasteiger partial charge in [0, 0.05) is 70.7 Å². The highest BCUT2D eigenvalue weighted by atomic mass is 32.2. The van der Waals surface area contributed by atoms with Crippen LogP contribution in [0.3, 0.4) is 0 Å². The third kappa shape index (κ3) is 5.58. The van der Waals surface area contributed by atoms with Gasteiger partial charge in [0.15, 0.2) is 5.82 Å². The lowest BCUT2D eigenvalue weighted by Crippen LogP contribution is -2.42. The average molecular weight is 576 g/mol. The minimum atomic E-state index is -2.09. The molecule has 0 unspecified atom stereocenters. The van der Waals surface area contributed by atoms with Gasteiger partial charge in [-0.05, 0) is 55.5 Å². The molecule has 3 aromatic rings. The van der Waals surface area contributed by atoms with Gasteiger partial charge in [-0.3, -0.25) is 4.79 Å². The Balaban J connectivity index is 1.33. The predicted molar refractivity (Wildman–Crippen MR) is 156 cm³/mol. The van der Waals surface area contributed by atoms with E-state index in [9.17, 15) is 18.7 Å². The number of nitrogens with zero attached hydrogens (tertiary/aromatic N) is 6. The van der Waals surface area contributed by atoms with Crippen molar-refractivity contribution in [2.24, 2.45) is 10.3 Å². The monoisotopic (exact) mass is 575 g/mol. The van der Waals surface area contributed by atoms with Crippen molar-refractivity contribution < 1.29 is 13.4 Å². The number of hydrogen-bond acceptors (Lipinski definition) is 7. The fourth-order valence-corrected chi connectivity index (χ4v) is 7.59. The van der Waals surface area contributed by atoms with Crippen LogP contribution in [0.1, 0.15) is 50.1 Å². The highest BCUT2D eigenvalue weighted by molar-refractivity contribution is 7.93. The third-order valence-corrected chi connectivity index (χ3v) is 11.0. The molecule has 0 spiro atoms. The van der Waals surface area contributed by atoms with Gasteiger partial charge >= 0.3 is 0 Å². The van der Waals surface area contributed by atoms with Crippen molar-refractivity contribution >= 4 is 21.3 Å². The van der Waals surface area contributed by atoms with Gasteiger partial charge in [0.05, 0.1) is 18.0 Å². The van der Waals surface area contributed by atoms with E-state index >= 15 is 0 Å². The van der Waals surface area contributed by atoms with Crippen LogP contribution >= 0.6 is 0 Å². The molecule has 214 valence electrons. The third-order valence-electron chi connectivity index (χ3n) is 8.71. The van der Waals surface area contributed by atoms with E-state index in [1.807, 2.05) is 6.20 Å². The molecular weight excluding hydrogens is 541 g/mol. The number of nitrogens with one attached hydrogen (secondary N) is 1. The molecule has 3 heterocycles. The van der Waals surface area contributed by atoms with Crippen LogP contribution in [0.4, 0.5) is 10.1 Å². The lowest BCUT2D eigenvalue weighted by Gasteiger charge is -2.31. The lowest BCUT2D eigenvalue weighted by molar-refractivity contribution is -0.127. The first-order valence-electron chi connectivity index (χ1n) is 14.2. The molecule has 6 rings (SSSR count). The summed E-state index contributed by atoms with van der Waals surface area (Å²) in [6.45, 7) is 1.38. The number of anilines is 1. The highest BCUT2D eigenvalue weighted by Crippen LogP contribution is 2.43. The maximum Gasteiger partial charge on any atom is 0.225 e. The Bertz CT molecular complexity index is 1580. The number of amides is 1. The SMILES string of the molecule is CN=S1(=O)CCN(c2ccc(-c3cn(-c4ccc(F)cn4)nc3[C@@H]3CCCC[C@H]3C(=O)NC3(C#N)CC3)cc2)CC1. The number of rotatable bonds is 6. The van der Waals surface area contributed by atoms with Gasteiger partial charge in [-0.15, -0.1) is 0 Å². The Kier molecular flexibility index (Phi) is 7.28. The van der Waals surface area contributed by atoms with Crippen LogP contribution in [-0.4, -0.2) is 62.1 Å². The Hall–Kier alpha value is -3.78. The van der Waals surface area contributed by atoms with Crippen molar-refractivity contribution in [1.82, 2.24) is 20.1 Å². The van der Waals surface area contributed by atoms with E-state index in [1.54, 1.807) is 17.8 Å². The molecule has 2 aromatic heterocycles. The molecule has 1 aromatic carbocycles. The van der Waals surface area contributed by atoms with E-state index in [0.29, 0.717) is 43.3 Å². The Morgan fingerprint density at radius 3 is 2.51 bits per heavy atom. The van der Waals surface area contributed by atoms with Crippen molar-refractivity contribution in [3.8, 4) is 23.0 Å². The molecule has 9 nitrogen and oxygen atoms in total. The first kappa shape index (κ1) is 27.4. The number of carbonyl (C=O) groups is 1. The van der Waals surface area contributed by atoms with E-state index in [-0.39, 0.29) is 17.7 Å². The first-order chi connectivity index (χ1) is 19.8. The van der Waals surface area contributed by atoms with E-state index in [4.69, 9.17) is 5.10 Å². The molecule has 3 aliphatic rings. The topological polar surface area (TPSA) is 116 Å².